The highest BCUT2D eigenvalue weighted by atomic mass is 16.3. The van der Waals surface area contributed by atoms with Gasteiger partial charge in [-0.1, -0.05) is 37.5 Å². The van der Waals surface area contributed by atoms with Gasteiger partial charge < -0.3 is 5.11 Å². The SMILES string of the molecule is C#CC(C)(O)/C=C\C1C(C)=CCCC1(C)C. The third kappa shape index (κ3) is 3.00. The van der Waals surface area contributed by atoms with Gasteiger partial charge in [-0.05, 0) is 38.2 Å². The van der Waals surface area contributed by atoms with E-state index >= 15 is 0 Å². The molecule has 0 aliphatic heterocycles. The van der Waals surface area contributed by atoms with Crippen molar-refractivity contribution in [3.05, 3.63) is 23.8 Å². The molecule has 0 saturated carbocycles. The van der Waals surface area contributed by atoms with Gasteiger partial charge >= 0.3 is 0 Å². The van der Waals surface area contributed by atoms with Gasteiger partial charge in [-0.25, -0.2) is 0 Å². The van der Waals surface area contributed by atoms with E-state index in [0.29, 0.717) is 5.92 Å². The van der Waals surface area contributed by atoms with Gasteiger partial charge in [0.15, 0.2) is 0 Å². The Kier molecular flexibility index (Phi) is 3.65. The van der Waals surface area contributed by atoms with Crippen LogP contribution in [0.4, 0.5) is 0 Å². The predicted molar refractivity (Wildman–Crippen MR) is 68.9 cm³/mol. The largest absolute Gasteiger partial charge is 0.374 e. The van der Waals surface area contributed by atoms with Crippen molar-refractivity contribution in [2.45, 2.75) is 46.1 Å². The van der Waals surface area contributed by atoms with Gasteiger partial charge in [0.2, 0.25) is 0 Å². The minimum Gasteiger partial charge on any atom is -0.374 e. The molecule has 0 fully saturated rings. The first kappa shape index (κ1) is 13.1. The van der Waals surface area contributed by atoms with E-state index in [4.69, 9.17) is 6.42 Å². The molecular weight excluding hydrogens is 196 g/mol. The molecule has 1 aliphatic rings. The maximum Gasteiger partial charge on any atom is 0.141 e. The van der Waals surface area contributed by atoms with Crippen molar-refractivity contribution < 1.29 is 5.11 Å². The van der Waals surface area contributed by atoms with E-state index in [1.54, 1.807) is 13.0 Å². The fourth-order valence-corrected chi connectivity index (χ4v) is 2.31. The highest BCUT2D eigenvalue weighted by Gasteiger charge is 2.31. The molecule has 1 N–H and O–H groups in total. The summed E-state index contributed by atoms with van der Waals surface area (Å²) in [7, 11) is 0. The number of allylic oxidation sites excluding steroid dienone is 3. The van der Waals surface area contributed by atoms with Crippen LogP contribution < -0.4 is 0 Å². The summed E-state index contributed by atoms with van der Waals surface area (Å²) in [6.07, 6.45) is 13.7. The van der Waals surface area contributed by atoms with Crippen molar-refractivity contribution in [3.63, 3.8) is 0 Å². The zero-order valence-electron chi connectivity index (χ0n) is 10.7. The summed E-state index contributed by atoms with van der Waals surface area (Å²) < 4.78 is 0. The van der Waals surface area contributed by atoms with Crippen molar-refractivity contribution in [1.29, 1.82) is 0 Å². The molecule has 1 aliphatic carbocycles. The molecule has 2 unspecified atom stereocenters. The molecule has 88 valence electrons. The molecule has 0 heterocycles. The van der Waals surface area contributed by atoms with Crippen LogP contribution >= 0.6 is 0 Å². The smallest absolute Gasteiger partial charge is 0.141 e. The summed E-state index contributed by atoms with van der Waals surface area (Å²) in [5.74, 6) is 2.75. The summed E-state index contributed by atoms with van der Waals surface area (Å²) in [6.45, 7) is 8.32. The molecule has 16 heavy (non-hydrogen) atoms. The minimum atomic E-state index is -1.13. The topological polar surface area (TPSA) is 20.2 Å². The van der Waals surface area contributed by atoms with Crippen LogP contribution in [0.25, 0.3) is 0 Å². The van der Waals surface area contributed by atoms with Gasteiger partial charge in [0.1, 0.15) is 5.60 Å². The molecule has 0 amide bonds. The summed E-state index contributed by atoms with van der Waals surface area (Å²) in [5.41, 5.74) is 0.494. The Morgan fingerprint density at radius 2 is 2.25 bits per heavy atom. The first-order valence-electron chi connectivity index (χ1n) is 5.85. The normalized spacial score (nSPS) is 28.2. The average Bonchev–Trinajstić information content (AvgIpc) is 2.16. The summed E-state index contributed by atoms with van der Waals surface area (Å²) >= 11 is 0. The van der Waals surface area contributed by atoms with Crippen molar-refractivity contribution >= 4 is 0 Å². The number of hydrogen-bond acceptors (Lipinski definition) is 1. The lowest BCUT2D eigenvalue weighted by Crippen LogP contribution is -2.27. The average molecular weight is 218 g/mol. The monoisotopic (exact) mass is 218 g/mol. The van der Waals surface area contributed by atoms with Gasteiger partial charge in [0.05, 0.1) is 0 Å². The summed E-state index contributed by atoms with van der Waals surface area (Å²) in [4.78, 5) is 0. The van der Waals surface area contributed by atoms with E-state index < -0.39 is 5.60 Å². The lowest BCUT2D eigenvalue weighted by Gasteiger charge is -2.37. The van der Waals surface area contributed by atoms with E-state index in [9.17, 15) is 5.11 Å². The van der Waals surface area contributed by atoms with Crippen molar-refractivity contribution in [2.24, 2.45) is 11.3 Å². The van der Waals surface area contributed by atoms with Gasteiger partial charge in [0, 0.05) is 5.92 Å². The van der Waals surface area contributed by atoms with Crippen molar-refractivity contribution in [3.8, 4) is 12.3 Å². The lowest BCUT2D eigenvalue weighted by atomic mass is 9.68. The fourth-order valence-electron chi connectivity index (χ4n) is 2.31. The van der Waals surface area contributed by atoms with Gasteiger partial charge in [-0.2, -0.15) is 0 Å². The van der Waals surface area contributed by atoms with E-state index in [1.165, 1.54) is 12.0 Å². The molecule has 0 spiro atoms. The zero-order chi connectivity index (χ0) is 12.4. The summed E-state index contributed by atoms with van der Waals surface area (Å²) in [6, 6.07) is 0. The van der Waals surface area contributed by atoms with Crippen molar-refractivity contribution in [2.75, 3.05) is 0 Å². The highest BCUT2D eigenvalue weighted by Crippen LogP contribution is 2.41. The van der Waals surface area contributed by atoms with Crippen LogP contribution in [0.3, 0.4) is 0 Å². The first-order valence-corrected chi connectivity index (χ1v) is 5.85. The minimum absolute atomic E-state index is 0.250. The predicted octanol–water partition coefficient (Wildman–Crippen LogP) is 3.31. The molecule has 0 aromatic rings. The third-order valence-corrected chi connectivity index (χ3v) is 3.49. The Morgan fingerprint density at radius 3 is 2.75 bits per heavy atom. The molecule has 0 aromatic heterocycles. The second kappa shape index (κ2) is 4.47. The lowest BCUT2D eigenvalue weighted by molar-refractivity contribution is 0.172. The van der Waals surface area contributed by atoms with Crippen LogP contribution in [-0.4, -0.2) is 10.7 Å². The molecule has 1 nitrogen and oxygen atoms in total. The van der Waals surface area contributed by atoms with E-state index in [1.807, 2.05) is 0 Å². The van der Waals surface area contributed by atoms with Crippen LogP contribution in [0.5, 0.6) is 0 Å². The molecule has 0 aromatic carbocycles. The Morgan fingerprint density at radius 1 is 1.62 bits per heavy atom. The van der Waals surface area contributed by atoms with Crippen LogP contribution in [0.1, 0.15) is 40.5 Å². The van der Waals surface area contributed by atoms with E-state index in [-0.39, 0.29) is 5.41 Å². The van der Waals surface area contributed by atoms with Crippen LogP contribution in [0.15, 0.2) is 23.8 Å². The van der Waals surface area contributed by atoms with Crippen molar-refractivity contribution in [1.82, 2.24) is 0 Å². The second-order valence-electron chi connectivity index (χ2n) is 5.60. The van der Waals surface area contributed by atoms with Gasteiger partial charge in [-0.15, -0.1) is 6.42 Å². The van der Waals surface area contributed by atoms with Crippen LogP contribution in [-0.2, 0) is 0 Å². The molecule has 1 rings (SSSR count). The Labute approximate surface area is 99.3 Å². The fraction of sp³-hybridized carbons (Fsp3) is 0.600. The Balaban J connectivity index is 2.91. The maximum atomic E-state index is 9.77. The Bertz CT molecular complexity index is 350. The van der Waals surface area contributed by atoms with Gasteiger partial charge in [0.25, 0.3) is 0 Å². The van der Waals surface area contributed by atoms with E-state index in [0.717, 1.165) is 6.42 Å². The highest BCUT2D eigenvalue weighted by molar-refractivity contribution is 5.24. The maximum absolute atomic E-state index is 9.77. The zero-order valence-corrected chi connectivity index (χ0v) is 10.7. The molecular formula is C15H22O. The first-order chi connectivity index (χ1) is 7.28. The molecule has 0 bridgehead atoms. The van der Waals surface area contributed by atoms with E-state index in [2.05, 4.69) is 38.8 Å². The number of rotatable bonds is 2. The molecule has 2 atom stereocenters. The summed E-state index contributed by atoms with van der Waals surface area (Å²) in [5, 5.41) is 9.77. The third-order valence-electron chi connectivity index (χ3n) is 3.49. The van der Waals surface area contributed by atoms with Crippen LogP contribution in [0.2, 0.25) is 0 Å². The molecule has 0 radical (unpaired) electrons. The van der Waals surface area contributed by atoms with Crippen LogP contribution in [0, 0.1) is 23.7 Å². The molecule has 1 heteroatoms. The number of terminal acetylenes is 1. The quantitative estimate of drug-likeness (QED) is 0.557. The second-order valence-corrected chi connectivity index (χ2v) is 5.60. The Hall–Kier alpha value is -1.00. The number of aliphatic hydroxyl groups is 1. The number of hydrogen-bond donors (Lipinski definition) is 1. The molecule has 0 saturated heterocycles. The standard InChI is InChI=1S/C15H22O/c1-6-15(5,16)11-9-13-12(2)8-7-10-14(13,3)4/h1,8-9,11,13,16H,7,10H2,2-5H3/b11-9-. The van der Waals surface area contributed by atoms with Gasteiger partial charge in [-0.3, -0.25) is 0 Å².